The highest BCUT2D eigenvalue weighted by atomic mass is 28.4. The minimum atomic E-state index is -2.06. The molecular formula is C33H48O5Si. The smallest absolute Gasteiger partial charge is 0.305 e. The van der Waals surface area contributed by atoms with E-state index in [9.17, 15) is 9.59 Å². The highest BCUT2D eigenvalue weighted by molar-refractivity contribution is 6.74. The third-order valence-electron chi connectivity index (χ3n) is 8.96. The van der Waals surface area contributed by atoms with Crippen molar-refractivity contribution in [1.29, 1.82) is 0 Å². The lowest BCUT2D eigenvalue weighted by Gasteiger charge is -2.40. The van der Waals surface area contributed by atoms with Crippen LogP contribution in [0.2, 0.25) is 18.1 Å². The normalized spacial score (nSPS) is 23.6. The summed E-state index contributed by atoms with van der Waals surface area (Å²) in [7, 11) is -0.628. The summed E-state index contributed by atoms with van der Waals surface area (Å²) in [6, 6.07) is 6.36. The highest BCUT2D eigenvalue weighted by Gasteiger charge is 2.54. The lowest BCUT2D eigenvalue weighted by atomic mass is 9.90. The number of carbonyl (C=O) groups is 2. The molecule has 1 unspecified atom stereocenters. The van der Waals surface area contributed by atoms with E-state index >= 15 is 0 Å². The van der Waals surface area contributed by atoms with Crippen LogP contribution in [0.4, 0.5) is 0 Å². The van der Waals surface area contributed by atoms with Crippen molar-refractivity contribution in [2.24, 2.45) is 11.8 Å². The number of hydrogen-bond acceptors (Lipinski definition) is 5. The van der Waals surface area contributed by atoms with Gasteiger partial charge in [-0.3, -0.25) is 9.59 Å². The lowest BCUT2D eigenvalue weighted by molar-refractivity contribution is -0.140. The number of hydrogen-bond donors (Lipinski definition) is 0. The number of ether oxygens (including phenoxy) is 2. The largest absolute Gasteiger partial charge is 0.486 e. The fourth-order valence-electron chi connectivity index (χ4n) is 5.54. The van der Waals surface area contributed by atoms with Gasteiger partial charge in [0, 0.05) is 37.5 Å². The fraction of sp³-hybridized carbons (Fsp3) is 0.636. The average molecular weight is 553 g/mol. The van der Waals surface area contributed by atoms with Gasteiger partial charge in [0.25, 0.3) is 0 Å². The summed E-state index contributed by atoms with van der Waals surface area (Å²) in [5.41, 5.74) is 3.10. The van der Waals surface area contributed by atoms with Crippen LogP contribution in [0.5, 0.6) is 5.75 Å². The lowest BCUT2D eigenvalue weighted by Crippen LogP contribution is -2.45. The van der Waals surface area contributed by atoms with Crippen molar-refractivity contribution in [1.82, 2.24) is 0 Å². The van der Waals surface area contributed by atoms with Crippen molar-refractivity contribution in [3.05, 3.63) is 41.0 Å². The van der Waals surface area contributed by atoms with Crippen molar-refractivity contribution >= 4 is 20.1 Å². The molecule has 2 aliphatic rings. The van der Waals surface area contributed by atoms with Gasteiger partial charge in [0.05, 0.1) is 13.2 Å². The van der Waals surface area contributed by atoms with Gasteiger partial charge in [-0.05, 0) is 68.4 Å². The molecule has 1 heterocycles. The summed E-state index contributed by atoms with van der Waals surface area (Å²) >= 11 is 0. The Bertz CT molecular complexity index is 1150. The monoisotopic (exact) mass is 552 g/mol. The number of para-hydroxylation sites is 1. The van der Waals surface area contributed by atoms with Gasteiger partial charge in [-0.1, -0.05) is 51.5 Å². The zero-order valence-electron chi connectivity index (χ0n) is 25.5. The number of fused-ring (bicyclic) bond motifs is 1. The van der Waals surface area contributed by atoms with Gasteiger partial charge in [-0.25, -0.2) is 0 Å². The predicted molar refractivity (Wildman–Crippen MR) is 159 cm³/mol. The van der Waals surface area contributed by atoms with E-state index in [4.69, 9.17) is 13.9 Å². The number of ketones is 1. The van der Waals surface area contributed by atoms with Crippen LogP contribution in [0.1, 0.15) is 84.8 Å². The molecule has 1 aliphatic heterocycles. The van der Waals surface area contributed by atoms with Crippen LogP contribution in [0, 0.1) is 23.7 Å². The maximum Gasteiger partial charge on any atom is 0.305 e. The molecule has 1 aromatic rings. The van der Waals surface area contributed by atoms with Crippen molar-refractivity contribution in [2.45, 2.75) is 116 Å². The number of aryl methyl sites for hydroxylation is 1. The van der Waals surface area contributed by atoms with E-state index in [0.717, 1.165) is 49.0 Å². The molecule has 3 rings (SSSR count). The second kappa shape index (κ2) is 12.4. The predicted octanol–water partition coefficient (Wildman–Crippen LogP) is 7.22. The molecule has 39 heavy (non-hydrogen) atoms. The number of allylic oxidation sites excluding steroid dienone is 1. The molecule has 0 bridgehead atoms. The van der Waals surface area contributed by atoms with Gasteiger partial charge in [-0.2, -0.15) is 0 Å². The minimum absolute atomic E-state index is 0.00207. The zero-order chi connectivity index (χ0) is 29.0. The molecule has 4 atom stereocenters. The Kier molecular flexibility index (Phi) is 9.94. The molecule has 1 saturated carbocycles. The van der Waals surface area contributed by atoms with Gasteiger partial charge in [0.1, 0.15) is 11.4 Å². The minimum Gasteiger partial charge on any atom is -0.486 e. The first kappa shape index (κ1) is 31.2. The standard InChI is InChI=1S/C33H48O5Si/c1-10-11-14-23(2)28(34)19-24(3)27-21-33(22-29(27)38-39(8,9)32(4,5)6)20-26-17-12-15-25(31(26)37-33)16-13-18-30(35)36-7/h12,15,17,19,23,27,29H,13-14,16,18,20-22H2,1-9H3/b24-19+/t23-,27-,29?,33+/m0/s1. The Morgan fingerprint density at radius 2 is 1.97 bits per heavy atom. The first-order chi connectivity index (χ1) is 18.2. The quantitative estimate of drug-likeness (QED) is 0.133. The molecule has 1 aromatic carbocycles. The molecule has 1 spiro atoms. The van der Waals surface area contributed by atoms with Crippen LogP contribution in [0.3, 0.4) is 0 Å². The summed E-state index contributed by atoms with van der Waals surface area (Å²) in [4.78, 5) is 24.7. The number of methoxy groups -OCH3 is 1. The van der Waals surface area contributed by atoms with E-state index < -0.39 is 8.32 Å². The van der Waals surface area contributed by atoms with Crippen LogP contribution < -0.4 is 4.74 Å². The first-order valence-corrected chi connectivity index (χ1v) is 17.3. The van der Waals surface area contributed by atoms with E-state index in [0.29, 0.717) is 12.8 Å². The Hall–Kier alpha value is -2.36. The molecule has 6 heteroatoms. The van der Waals surface area contributed by atoms with Gasteiger partial charge < -0.3 is 13.9 Å². The number of rotatable bonds is 10. The molecule has 0 N–H and O–H groups in total. The SMILES string of the molecule is CC#CC[C@H](C)C(=O)/C=C(\C)[C@@H]1C[C@]2(Cc3cccc(CCCC(=O)OC)c3O2)CC1O[Si](C)(C)C(C)(C)C. The molecule has 0 amide bonds. The maximum atomic E-state index is 13.0. The molecule has 0 radical (unpaired) electrons. The summed E-state index contributed by atoms with van der Waals surface area (Å²) in [5, 5.41) is 0.0837. The third-order valence-corrected chi connectivity index (χ3v) is 13.5. The number of carbonyl (C=O) groups excluding carboxylic acids is 2. The molecule has 1 fully saturated rings. The zero-order valence-corrected chi connectivity index (χ0v) is 26.5. The third kappa shape index (κ3) is 7.44. The molecule has 214 valence electrons. The topological polar surface area (TPSA) is 61.8 Å². The summed E-state index contributed by atoms with van der Waals surface area (Å²) in [6.45, 7) is 17.3. The average Bonchev–Trinajstić information content (AvgIpc) is 3.40. The molecular weight excluding hydrogens is 504 g/mol. The first-order valence-electron chi connectivity index (χ1n) is 14.4. The molecule has 0 aromatic heterocycles. The van der Waals surface area contributed by atoms with Crippen LogP contribution in [-0.2, 0) is 31.6 Å². The number of esters is 1. The second-order valence-corrected chi connectivity index (χ2v) is 17.8. The number of benzene rings is 1. The van der Waals surface area contributed by atoms with Gasteiger partial charge in [0.2, 0.25) is 0 Å². The van der Waals surface area contributed by atoms with Gasteiger partial charge in [-0.15, -0.1) is 11.8 Å². The Morgan fingerprint density at radius 1 is 1.26 bits per heavy atom. The molecule has 0 saturated heterocycles. The highest BCUT2D eigenvalue weighted by Crippen LogP contribution is 2.52. The fourth-order valence-corrected chi connectivity index (χ4v) is 6.90. The maximum absolute atomic E-state index is 13.0. The van der Waals surface area contributed by atoms with Crippen molar-refractivity contribution in [3.8, 4) is 17.6 Å². The Morgan fingerprint density at radius 3 is 2.62 bits per heavy atom. The summed E-state index contributed by atoms with van der Waals surface area (Å²) in [6.07, 6.45) is 6.77. The van der Waals surface area contributed by atoms with Crippen molar-refractivity contribution in [2.75, 3.05) is 7.11 Å². The Labute approximate surface area is 237 Å². The molecule has 5 nitrogen and oxygen atoms in total. The van der Waals surface area contributed by atoms with E-state index in [1.165, 1.54) is 12.7 Å². The Balaban J connectivity index is 1.87. The molecule has 1 aliphatic carbocycles. The summed E-state index contributed by atoms with van der Waals surface area (Å²) < 4.78 is 18.7. The van der Waals surface area contributed by atoms with Crippen LogP contribution in [-0.4, -0.2) is 38.9 Å². The van der Waals surface area contributed by atoms with Crippen LogP contribution in [0.15, 0.2) is 29.8 Å². The van der Waals surface area contributed by atoms with Crippen molar-refractivity contribution in [3.63, 3.8) is 0 Å². The van der Waals surface area contributed by atoms with E-state index in [-0.39, 0.29) is 40.3 Å². The van der Waals surface area contributed by atoms with Gasteiger partial charge >= 0.3 is 5.97 Å². The van der Waals surface area contributed by atoms with Crippen LogP contribution >= 0.6 is 0 Å². The van der Waals surface area contributed by atoms with E-state index in [1.54, 1.807) is 0 Å². The van der Waals surface area contributed by atoms with Crippen molar-refractivity contribution < 1.29 is 23.5 Å². The van der Waals surface area contributed by atoms with E-state index in [2.05, 4.69) is 70.8 Å². The van der Waals surface area contributed by atoms with Crippen LogP contribution in [0.25, 0.3) is 0 Å². The second-order valence-electron chi connectivity index (χ2n) is 13.1. The summed E-state index contributed by atoms with van der Waals surface area (Å²) in [5.74, 6) is 6.85. The van der Waals surface area contributed by atoms with E-state index in [1.807, 2.05) is 19.9 Å². The van der Waals surface area contributed by atoms with Gasteiger partial charge in [0.15, 0.2) is 14.1 Å².